The summed E-state index contributed by atoms with van der Waals surface area (Å²) >= 11 is 0. The number of rotatable bonds is 5. The summed E-state index contributed by atoms with van der Waals surface area (Å²) in [6.45, 7) is 6.78. The Hall–Kier alpha value is -0.0800. The van der Waals surface area contributed by atoms with Gasteiger partial charge in [-0.25, -0.2) is 0 Å². The van der Waals surface area contributed by atoms with Crippen LogP contribution >= 0.6 is 0 Å². The summed E-state index contributed by atoms with van der Waals surface area (Å²) in [6.07, 6.45) is 8.22. The van der Waals surface area contributed by atoms with Gasteiger partial charge in [-0.1, -0.05) is 39.5 Å². The average molecular weight is 213 g/mol. The van der Waals surface area contributed by atoms with Crippen molar-refractivity contribution in [2.24, 2.45) is 5.92 Å². The van der Waals surface area contributed by atoms with Gasteiger partial charge < -0.3 is 5.11 Å². The maximum absolute atomic E-state index is 9.09. The van der Waals surface area contributed by atoms with Crippen molar-refractivity contribution in [1.82, 2.24) is 4.90 Å². The smallest absolute Gasteiger partial charge is 0.0558 e. The van der Waals surface area contributed by atoms with E-state index < -0.39 is 0 Å². The minimum atomic E-state index is 0.306. The summed E-state index contributed by atoms with van der Waals surface area (Å²) < 4.78 is 0. The molecule has 2 nitrogen and oxygen atoms in total. The molecule has 15 heavy (non-hydrogen) atoms. The van der Waals surface area contributed by atoms with Crippen LogP contribution in [0.2, 0.25) is 0 Å². The van der Waals surface area contributed by atoms with Crippen molar-refractivity contribution < 1.29 is 5.11 Å². The predicted octanol–water partition coefficient (Wildman–Crippen LogP) is 2.66. The lowest BCUT2D eigenvalue weighted by Crippen LogP contribution is -2.41. The van der Waals surface area contributed by atoms with Crippen LogP contribution in [0.3, 0.4) is 0 Å². The van der Waals surface area contributed by atoms with Crippen LogP contribution in [0.25, 0.3) is 0 Å². The molecule has 0 radical (unpaired) electrons. The van der Waals surface area contributed by atoms with Crippen molar-refractivity contribution >= 4 is 0 Å². The Bertz CT molecular complexity index is 161. The highest BCUT2D eigenvalue weighted by molar-refractivity contribution is 4.80. The third-order valence-electron chi connectivity index (χ3n) is 3.91. The van der Waals surface area contributed by atoms with Gasteiger partial charge >= 0.3 is 0 Å². The van der Waals surface area contributed by atoms with E-state index in [1.807, 2.05) is 0 Å². The first-order valence-electron chi connectivity index (χ1n) is 6.68. The van der Waals surface area contributed by atoms with Crippen LogP contribution < -0.4 is 0 Å². The van der Waals surface area contributed by atoms with Crippen molar-refractivity contribution in [3.05, 3.63) is 0 Å². The van der Waals surface area contributed by atoms with Gasteiger partial charge in [0.25, 0.3) is 0 Å². The van der Waals surface area contributed by atoms with Gasteiger partial charge in [-0.3, -0.25) is 4.90 Å². The molecule has 2 atom stereocenters. The number of aliphatic hydroxyl groups excluding tert-OH is 1. The second-order valence-electron chi connectivity index (χ2n) is 4.73. The fourth-order valence-electron chi connectivity index (χ4n) is 3.01. The summed E-state index contributed by atoms with van der Waals surface area (Å²) in [5, 5.41) is 9.09. The normalized spacial score (nSPS) is 28.0. The Morgan fingerprint density at radius 2 is 1.87 bits per heavy atom. The molecule has 0 amide bonds. The van der Waals surface area contributed by atoms with Gasteiger partial charge in [0.15, 0.2) is 0 Å². The van der Waals surface area contributed by atoms with Gasteiger partial charge in [-0.05, 0) is 25.3 Å². The predicted molar refractivity (Wildman–Crippen MR) is 65.0 cm³/mol. The van der Waals surface area contributed by atoms with Crippen LogP contribution in [-0.4, -0.2) is 35.7 Å². The Morgan fingerprint density at radius 1 is 1.13 bits per heavy atom. The van der Waals surface area contributed by atoms with Gasteiger partial charge in [-0.2, -0.15) is 0 Å². The van der Waals surface area contributed by atoms with Crippen LogP contribution in [0.4, 0.5) is 0 Å². The number of nitrogens with zero attached hydrogens (tertiary/aromatic N) is 1. The second-order valence-corrected chi connectivity index (χ2v) is 4.73. The molecule has 1 aliphatic rings. The lowest BCUT2D eigenvalue weighted by Gasteiger charge is -2.35. The van der Waals surface area contributed by atoms with Crippen LogP contribution in [0.1, 0.15) is 52.4 Å². The largest absolute Gasteiger partial charge is 0.395 e. The molecular weight excluding hydrogens is 186 g/mol. The van der Waals surface area contributed by atoms with E-state index in [4.69, 9.17) is 5.11 Å². The van der Waals surface area contributed by atoms with Crippen molar-refractivity contribution in [3.63, 3.8) is 0 Å². The lowest BCUT2D eigenvalue weighted by molar-refractivity contribution is 0.109. The molecule has 0 aromatic rings. The van der Waals surface area contributed by atoms with E-state index >= 15 is 0 Å². The van der Waals surface area contributed by atoms with Gasteiger partial charge in [0.2, 0.25) is 0 Å². The van der Waals surface area contributed by atoms with Crippen LogP contribution in [-0.2, 0) is 0 Å². The first-order chi connectivity index (χ1) is 7.33. The summed E-state index contributed by atoms with van der Waals surface area (Å²) in [5.74, 6) is 0.860. The lowest BCUT2D eigenvalue weighted by atomic mass is 9.91. The molecular formula is C13H27NO. The van der Waals surface area contributed by atoms with Crippen LogP contribution in [0.15, 0.2) is 0 Å². The highest BCUT2D eigenvalue weighted by atomic mass is 16.3. The molecule has 90 valence electrons. The quantitative estimate of drug-likeness (QED) is 0.710. The van der Waals surface area contributed by atoms with Gasteiger partial charge in [-0.15, -0.1) is 0 Å². The standard InChI is InChI=1S/C13H27NO/c1-3-12-8-6-5-7-9-13(12)14(4-2)10-11-15/h12-13,15H,3-11H2,1-2H3. The van der Waals surface area contributed by atoms with E-state index in [2.05, 4.69) is 18.7 Å². The van der Waals surface area contributed by atoms with Crippen LogP contribution in [0, 0.1) is 5.92 Å². The summed E-state index contributed by atoms with van der Waals surface area (Å²) in [6, 6.07) is 0.731. The molecule has 1 N–H and O–H groups in total. The second kappa shape index (κ2) is 7.24. The molecule has 0 aromatic carbocycles. The highest BCUT2D eigenvalue weighted by Gasteiger charge is 2.26. The Morgan fingerprint density at radius 3 is 2.47 bits per heavy atom. The van der Waals surface area contributed by atoms with Gasteiger partial charge in [0, 0.05) is 12.6 Å². The highest BCUT2D eigenvalue weighted by Crippen LogP contribution is 2.29. The molecule has 0 aliphatic heterocycles. The molecule has 0 heterocycles. The molecule has 0 saturated heterocycles. The van der Waals surface area contributed by atoms with Crippen molar-refractivity contribution in [2.75, 3.05) is 19.7 Å². The molecule has 2 unspecified atom stereocenters. The van der Waals surface area contributed by atoms with E-state index in [0.29, 0.717) is 6.61 Å². The summed E-state index contributed by atoms with van der Waals surface area (Å²) in [5.41, 5.74) is 0. The van der Waals surface area contributed by atoms with Crippen LogP contribution in [0.5, 0.6) is 0 Å². The molecule has 0 bridgehead atoms. The number of aliphatic hydroxyl groups is 1. The molecule has 0 aromatic heterocycles. The minimum Gasteiger partial charge on any atom is -0.395 e. The molecule has 1 rings (SSSR count). The zero-order valence-electron chi connectivity index (χ0n) is 10.4. The van der Waals surface area contributed by atoms with Crippen molar-refractivity contribution in [2.45, 2.75) is 58.4 Å². The maximum Gasteiger partial charge on any atom is 0.0558 e. The molecule has 1 saturated carbocycles. The first-order valence-corrected chi connectivity index (χ1v) is 6.68. The molecule has 0 spiro atoms. The maximum atomic E-state index is 9.09. The monoisotopic (exact) mass is 213 g/mol. The van der Waals surface area contributed by atoms with Gasteiger partial charge in [0.1, 0.15) is 0 Å². The zero-order chi connectivity index (χ0) is 11.1. The van der Waals surface area contributed by atoms with Crippen molar-refractivity contribution in [1.29, 1.82) is 0 Å². The summed E-state index contributed by atoms with van der Waals surface area (Å²) in [7, 11) is 0. The molecule has 2 heteroatoms. The number of hydrogen-bond donors (Lipinski definition) is 1. The Kier molecular flexibility index (Phi) is 6.26. The fourth-order valence-corrected chi connectivity index (χ4v) is 3.01. The first kappa shape index (κ1) is 13.0. The SMILES string of the molecule is CCC1CCCCCC1N(CC)CCO. The fraction of sp³-hybridized carbons (Fsp3) is 1.00. The Labute approximate surface area is 94.7 Å². The number of likely N-dealkylation sites (N-methyl/N-ethyl adjacent to an activating group) is 1. The third-order valence-corrected chi connectivity index (χ3v) is 3.91. The zero-order valence-corrected chi connectivity index (χ0v) is 10.4. The van der Waals surface area contributed by atoms with E-state index in [9.17, 15) is 0 Å². The van der Waals surface area contributed by atoms with E-state index in [1.54, 1.807) is 0 Å². The van der Waals surface area contributed by atoms with E-state index in [0.717, 1.165) is 25.0 Å². The van der Waals surface area contributed by atoms with E-state index in [1.165, 1.54) is 38.5 Å². The average Bonchev–Trinajstić information content (AvgIpc) is 2.50. The Balaban J connectivity index is 2.58. The topological polar surface area (TPSA) is 23.5 Å². The third kappa shape index (κ3) is 3.76. The number of hydrogen-bond acceptors (Lipinski definition) is 2. The molecule has 1 fully saturated rings. The van der Waals surface area contributed by atoms with Gasteiger partial charge in [0.05, 0.1) is 6.61 Å². The summed E-state index contributed by atoms with van der Waals surface area (Å²) in [4.78, 5) is 2.49. The van der Waals surface area contributed by atoms with Crippen molar-refractivity contribution in [3.8, 4) is 0 Å². The van der Waals surface area contributed by atoms with E-state index in [-0.39, 0.29) is 0 Å². The molecule has 1 aliphatic carbocycles. The minimum absolute atomic E-state index is 0.306.